The van der Waals surface area contributed by atoms with Crippen LogP contribution >= 0.6 is 28.1 Å². The van der Waals surface area contributed by atoms with Crippen molar-refractivity contribution in [3.63, 3.8) is 0 Å². The maximum absolute atomic E-state index is 12.0. The molecule has 1 aromatic heterocycles. The van der Waals surface area contributed by atoms with Crippen LogP contribution in [-0.2, 0) is 0 Å². The molecule has 7 nitrogen and oxygen atoms in total. The zero-order valence-corrected chi connectivity index (χ0v) is 14.5. The Hall–Kier alpha value is -2.00. The minimum atomic E-state index is -0.388. The number of aromatic nitrogens is 3. The zero-order valence-electron chi connectivity index (χ0n) is 12.1. The van der Waals surface area contributed by atoms with Gasteiger partial charge in [0.25, 0.3) is 5.56 Å². The molecule has 1 aromatic carbocycles. The summed E-state index contributed by atoms with van der Waals surface area (Å²) >= 11 is 8.40. The standard InChI is InChI=1S/C13H13BrN4O3S/c1-7-12(19)18(13(22)17-16-7)15-6-8-4-9(14)5-10(20-2)11(8)21-3/h4-6H,1-3H3,(H,17,22)/b15-6-. The lowest BCUT2D eigenvalue weighted by Crippen LogP contribution is -2.22. The number of nitrogens with one attached hydrogen (secondary N) is 1. The summed E-state index contributed by atoms with van der Waals surface area (Å²) in [5.74, 6) is 1.05. The topological polar surface area (TPSA) is 81.5 Å². The molecule has 0 bridgehead atoms. The third kappa shape index (κ3) is 3.25. The highest BCUT2D eigenvalue weighted by atomic mass is 79.9. The Morgan fingerprint density at radius 3 is 2.77 bits per heavy atom. The minimum absolute atomic E-state index is 0.104. The predicted molar refractivity (Wildman–Crippen MR) is 88.7 cm³/mol. The first-order chi connectivity index (χ1) is 10.5. The summed E-state index contributed by atoms with van der Waals surface area (Å²) < 4.78 is 12.5. The van der Waals surface area contributed by atoms with E-state index in [-0.39, 0.29) is 16.0 Å². The van der Waals surface area contributed by atoms with Gasteiger partial charge in [-0.2, -0.15) is 14.9 Å². The smallest absolute Gasteiger partial charge is 0.296 e. The maximum atomic E-state index is 12.0. The van der Waals surface area contributed by atoms with Crippen molar-refractivity contribution in [2.24, 2.45) is 5.10 Å². The summed E-state index contributed by atoms with van der Waals surface area (Å²) in [7, 11) is 3.07. The summed E-state index contributed by atoms with van der Waals surface area (Å²) in [6.45, 7) is 1.57. The van der Waals surface area contributed by atoms with Gasteiger partial charge in [-0.25, -0.2) is 0 Å². The molecule has 1 heterocycles. The monoisotopic (exact) mass is 384 g/mol. The number of rotatable bonds is 4. The quantitative estimate of drug-likeness (QED) is 0.645. The number of benzene rings is 1. The van der Waals surface area contributed by atoms with Crippen molar-refractivity contribution in [3.8, 4) is 11.5 Å². The van der Waals surface area contributed by atoms with Crippen LogP contribution in [0.25, 0.3) is 0 Å². The van der Waals surface area contributed by atoms with E-state index in [2.05, 4.69) is 31.2 Å². The second-order valence-electron chi connectivity index (χ2n) is 4.21. The SMILES string of the molecule is COc1cc(Br)cc(/C=N\n2c(=S)[nH]nc(C)c2=O)c1OC. The number of H-pyrrole nitrogens is 1. The average Bonchev–Trinajstić information content (AvgIpc) is 2.50. The summed E-state index contributed by atoms with van der Waals surface area (Å²) in [4.78, 5) is 12.0. The molecule has 0 saturated heterocycles. The van der Waals surface area contributed by atoms with Crippen molar-refractivity contribution in [1.82, 2.24) is 14.9 Å². The van der Waals surface area contributed by atoms with E-state index in [4.69, 9.17) is 21.7 Å². The Kier molecular flexibility index (Phi) is 5.09. The van der Waals surface area contributed by atoms with Gasteiger partial charge in [-0.1, -0.05) is 15.9 Å². The molecule has 22 heavy (non-hydrogen) atoms. The van der Waals surface area contributed by atoms with Crippen LogP contribution < -0.4 is 15.0 Å². The lowest BCUT2D eigenvalue weighted by atomic mass is 10.2. The molecule has 0 aliphatic rings. The Balaban J connectivity index is 2.56. The van der Waals surface area contributed by atoms with Crippen molar-refractivity contribution in [2.75, 3.05) is 14.2 Å². The number of hydrogen-bond acceptors (Lipinski definition) is 6. The molecule has 116 valence electrons. The maximum Gasteiger partial charge on any atom is 0.296 e. The minimum Gasteiger partial charge on any atom is -0.493 e. The molecule has 2 aromatic rings. The highest BCUT2D eigenvalue weighted by Crippen LogP contribution is 2.33. The van der Waals surface area contributed by atoms with E-state index in [9.17, 15) is 4.79 Å². The van der Waals surface area contributed by atoms with Crippen molar-refractivity contribution >= 4 is 34.4 Å². The number of aryl methyl sites for hydroxylation is 1. The zero-order chi connectivity index (χ0) is 16.3. The van der Waals surface area contributed by atoms with Gasteiger partial charge in [-0.05, 0) is 31.3 Å². The third-order valence-electron chi connectivity index (χ3n) is 2.80. The summed E-state index contributed by atoms with van der Waals surface area (Å²) in [6, 6.07) is 3.56. The number of aromatic amines is 1. The van der Waals surface area contributed by atoms with Crippen LogP contribution in [0.1, 0.15) is 11.3 Å². The molecule has 0 amide bonds. The van der Waals surface area contributed by atoms with E-state index < -0.39 is 0 Å². The molecular weight excluding hydrogens is 372 g/mol. The number of hydrogen-bond donors (Lipinski definition) is 1. The fourth-order valence-electron chi connectivity index (χ4n) is 1.75. The van der Waals surface area contributed by atoms with Crippen LogP contribution in [0.3, 0.4) is 0 Å². The lowest BCUT2D eigenvalue weighted by Gasteiger charge is -2.10. The van der Waals surface area contributed by atoms with Crippen LogP contribution in [-0.4, -0.2) is 35.3 Å². The van der Waals surface area contributed by atoms with Crippen molar-refractivity contribution in [3.05, 3.63) is 43.0 Å². The fourth-order valence-corrected chi connectivity index (χ4v) is 2.38. The Bertz CT molecular complexity index is 844. The molecule has 9 heteroatoms. The molecule has 1 N–H and O–H groups in total. The molecule has 0 aliphatic carbocycles. The van der Waals surface area contributed by atoms with E-state index >= 15 is 0 Å². The van der Waals surface area contributed by atoms with Gasteiger partial charge in [-0.15, -0.1) is 0 Å². The first kappa shape index (κ1) is 16.4. The van der Waals surface area contributed by atoms with Gasteiger partial charge in [0, 0.05) is 10.0 Å². The number of halogens is 1. The molecule has 0 radical (unpaired) electrons. The summed E-state index contributed by atoms with van der Waals surface area (Å²) in [5, 5.41) is 10.4. The predicted octanol–water partition coefficient (Wildman–Crippen LogP) is 2.27. The highest BCUT2D eigenvalue weighted by molar-refractivity contribution is 9.10. The lowest BCUT2D eigenvalue weighted by molar-refractivity contribution is 0.354. The van der Waals surface area contributed by atoms with Crippen LogP contribution in [0.5, 0.6) is 11.5 Å². The van der Waals surface area contributed by atoms with E-state index in [1.165, 1.54) is 20.4 Å². The van der Waals surface area contributed by atoms with Crippen LogP contribution in [0, 0.1) is 11.7 Å². The van der Waals surface area contributed by atoms with Crippen LogP contribution in [0.4, 0.5) is 0 Å². The van der Waals surface area contributed by atoms with Gasteiger partial charge in [0.1, 0.15) is 5.69 Å². The molecule has 0 unspecified atom stereocenters. The summed E-state index contributed by atoms with van der Waals surface area (Å²) in [6.07, 6.45) is 1.47. The van der Waals surface area contributed by atoms with E-state index in [0.29, 0.717) is 17.1 Å². The van der Waals surface area contributed by atoms with Gasteiger partial charge in [0.15, 0.2) is 11.5 Å². The molecule has 2 rings (SSSR count). The van der Waals surface area contributed by atoms with Gasteiger partial charge in [-0.3, -0.25) is 9.89 Å². The van der Waals surface area contributed by atoms with Gasteiger partial charge < -0.3 is 9.47 Å². The first-order valence-corrected chi connectivity index (χ1v) is 7.32. The molecule has 0 fully saturated rings. The summed E-state index contributed by atoms with van der Waals surface area (Å²) in [5.41, 5.74) is 0.509. The fraction of sp³-hybridized carbons (Fsp3) is 0.231. The first-order valence-electron chi connectivity index (χ1n) is 6.12. The molecule has 0 spiro atoms. The second-order valence-corrected chi connectivity index (χ2v) is 5.51. The van der Waals surface area contributed by atoms with Crippen molar-refractivity contribution in [2.45, 2.75) is 6.92 Å². The Morgan fingerprint density at radius 1 is 1.41 bits per heavy atom. The molecular formula is C13H13BrN4O3S. The van der Waals surface area contributed by atoms with Crippen LogP contribution in [0.2, 0.25) is 0 Å². The largest absolute Gasteiger partial charge is 0.493 e. The third-order valence-corrected chi connectivity index (χ3v) is 3.52. The van der Waals surface area contributed by atoms with E-state index in [1.54, 1.807) is 19.1 Å². The van der Waals surface area contributed by atoms with Crippen LogP contribution in [0.15, 0.2) is 26.5 Å². The molecule has 0 saturated carbocycles. The van der Waals surface area contributed by atoms with Crippen molar-refractivity contribution < 1.29 is 9.47 Å². The highest BCUT2D eigenvalue weighted by Gasteiger charge is 2.10. The Morgan fingerprint density at radius 2 is 2.14 bits per heavy atom. The van der Waals surface area contributed by atoms with E-state index in [1.807, 2.05) is 0 Å². The molecule has 0 aliphatic heterocycles. The van der Waals surface area contributed by atoms with Gasteiger partial charge in [0.05, 0.1) is 20.4 Å². The molecule has 0 atom stereocenters. The van der Waals surface area contributed by atoms with Crippen molar-refractivity contribution in [1.29, 1.82) is 0 Å². The average molecular weight is 385 g/mol. The number of ether oxygens (including phenoxy) is 2. The number of methoxy groups -OCH3 is 2. The van der Waals surface area contributed by atoms with E-state index in [0.717, 1.165) is 9.15 Å². The second kappa shape index (κ2) is 6.84. The van der Waals surface area contributed by atoms with Gasteiger partial charge in [0.2, 0.25) is 4.77 Å². The number of nitrogens with zero attached hydrogens (tertiary/aromatic N) is 3. The van der Waals surface area contributed by atoms with Gasteiger partial charge >= 0.3 is 0 Å². The normalized spacial score (nSPS) is 10.9. The Labute approximate surface area is 139 Å².